The summed E-state index contributed by atoms with van der Waals surface area (Å²) >= 11 is 2.10. The zero-order chi connectivity index (χ0) is 16.6. The molecule has 0 aromatic carbocycles. The van der Waals surface area contributed by atoms with E-state index in [1.54, 1.807) is 0 Å². The molecule has 0 atom stereocenters. The summed E-state index contributed by atoms with van der Waals surface area (Å²) in [7, 11) is 0. The smallest absolute Gasteiger partial charge is 0.544 e. The van der Waals surface area contributed by atoms with Crippen LogP contribution in [0.1, 0.15) is 0 Å². The molecule has 0 aliphatic carbocycles. The summed E-state index contributed by atoms with van der Waals surface area (Å²) < 4.78 is 0.201. The van der Waals surface area contributed by atoms with E-state index in [0.29, 0.717) is 47.0 Å². The van der Waals surface area contributed by atoms with Gasteiger partial charge in [-0.15, -0.1) is 0 Å². The molecule has 0 bridgehead atoms. The first kappa shape index (κ1) is 83.6. The Balaban J connectivity index is -0.0000000344. The van der Waals surface area contributed by atoms with Crippen molar-refractivity contribution in [2.45, 2.75) is 0 Å². The van der Waals surface area contributed by atoms with Crippen LogP contribution in [0.25, 0.3) is 0 Å². The summed E-state index contributed by atoms with van der Waals surface area (Å²) in [6.07, 6.45) is 0. The van der Waals surface area contributed by atoms with Gasteiger partial charge >= 0.3 is 33.0 Å². The van der Waals surface area contributed by atoms with Gasteiger partial charge in [-0.3, -0.25) is 0 Å². The van der Waals surface area contributed by atoms with Crippen molar-refractivity contribution in [2.75, 3.05) is 0 Å². The molecule has 0 radical (unpaired) electrons. The Morgan fingerprint density at radius 1 is 0.389 bits per heavy atom. The van der Waals surface area contributed by atoms with Crippen molar-refractivity contribution in [1.29, 1.82) is 0 Å². The summed E-state index contributed by atoms with van der Waals surface area (Å²) in [6, 6.07) is 0. The Kier molecular flexibility index (Phi) is 79.0. The van der Waals surface area contributed by atoms with E-state index in [9.17, 15) is 39.6 Å². The Morgan fingerprint density at radius 2 is 0.500 bits per heavy atom. The largest absolute Gasteiger partial charge is 2.00 e. The summed E-state index contributed by atoms with van der Waals surface area (Å²) in [5.74, 6) is -6.91. The number of rotatable bonds is 4. The summed E-state index contributed by atoms with van der Waals surface area (Å²) in [5, 5.41) is 43.5. The fourth-order valence-electron chi connectivity index (χ4n) is 1.30. The van der Waals surface area contributed by atoms with Crippen LogP contribution >= 0.6 is 47.0 Å². The molecule has 0 aromatic rings. The van der Waals surface area contributed by atoms with Gasteiger partial charge in [-0.05, 0) is 0 Å². The van der Waals surface area contributed by atoms with Crippen LogP contribution in [0.5, 0.6) is 0 Å². The molecule has 0 unspecified atom stereocenters. The van der Waals surface area contributed by atoms with E-state index in [4.69, 9.17) is 0 Å². The number of carbonyl (C=O) groups is 4. The van der Waals surface area contributed by atoms with Crippen molar-refractivity contribution in [3.63, 3.8) is 0 Å². The Labute approximate surface area is 236 Å². The zero-order valence-corrected chi connectivity index (χ0v) is 22.4. The molecule has 0 fully saturated rings. The van der Waals surface area contributed by atoms with Crippen LogP contribution in [0.15, 0.2) is 28.1 Å². The SMILES string of the molecule is O.O.O.O.O=C([O-])C1=C(C(=O)[O-])SC(=C2SC(C(=O)[O-])=C(C(=O)[O-])S2)S1.[Ni+2].[Ni+2].[OH3+].[OH3+].[OH3+].[OH3+].[OH3+].[OH3+].[OH3+].[OH3+]. The third kappa shape index (κ3) is 18.3. The molecule has 2 aliphatic heterocycles. The van der Waals surface area contributed by atoms with Crippen LogP contribution in [0.3, 0.4) is 0 Å². The number of carbonyl (C=O) groups excluding carboxylic acids is 4. The topological polar surface area (TPSA) is 551 Å². The average Bonchev–Trinajstić information content (AvgIpc) is 3.02. The fraction of sp³-hybridized carbons (Fsp3) is 0. The second-order valence-electron chi connectivity index (χ2n) is 3.45. The molecule has 0 saturated heterocycles. The van der Waals surface area contributed by atoms with Gasteiger partial charge in [-0.25, -0.2) is 0 Å². The average molecular weight is 718 g/mol. The summed E-state index contributed by atoms with van der Waals surface area (Å²) in [6.45, 7) is 0. The summed E-state index contributed by atoms with van der Waals surface area (Å²) in [5.41, 5.74) is 0. The first-order chi connectivity index (χ1) is 10.2. The molecule has 0 aromatic heterocycles. The number of aliphatic carboxylic acids is 4. The predicted molar refractivity (Wildman–Crippen MR) is 125 cm³/mol. The quantitative estimate of drug-likeness (QED) is 0.193. The molecule has 0 amide bonds. The minimum atomic E-state index is -1.73. The number of carboxylic acids is 4. The molecule has 26 heteroatoms. The van der Waals surface area contributed by atoms with Crippen LogP contribution in [0.4, 0.5) is 0 Å². The number of thioether (sulfide) groups is 4. The van der Waals surface area contributed by atoms with Crippen LogP contribution in [0, 0.1) is 0 Å². The second kappa shape index (κ2) is 34.0. The third-order valence-corrected chi connectivity index (χ3v) is 7.73. The maximum atomic E-state index is 10.9. The Morgan fingerprint density at radius 3 is 0.583 bits per heavy atom. The molecule has 2 heterocycles. The van der Waals surface area contributed by atoms with E-state index in [1.807, 2.05) is 0 Å². The van der Waals surface area contributed by atoms with E-state index in [1.165, 1.54) is 0 Å². The van der Waals surface area contributed by atoms with Gasteiger partial charge in [0.15, 0.2) is 0 Å². The van der Waals surface area contributed by atoms with Crippen LogP contribution in [-0.4, -0.2) is 45.8 Å². The van der Waals surface area contributed by atoms with Crippen LogP contribution in [-0.2, 0) is 96.0 Å². The van der Waals surface area contributed by atoms with Crippen LogP contribution in [0.2, 0.25) is 0 Å². The van der Waals surface area contributed by atoms with Gasteiger partial charge in [0.05, 0.1) is 52.0 Å². The number of hydrogen-bond donors (Lipinski definition) is 0. The molecule has 2 rings (SSSR count). The normalized spacial score (nSPS) is 11.1. The minimum Gasteiger partial charge on any atom is -0.544 e. The van der Waals surface area contributed by atoms with E-state index in [2.05, 4.69) is 0 Å². The zero-order valence-electron chi connectivity index (χ0n) is 17.2. The van der Waals surface area contributed by atoms with Gasteiger partial charge in [-0.2, -0.15) is 0 Å². The second-order valence-corrected chi connectivity index (χ2v) is 8.05. The molecule has 36 heavy (non-hydrogen) atoms. The standard InChI is InChI=1S/C10H4O8S4.2Ni.12H2O/c11-5(12)1-2(6(13)14)20-9(19-1)10-21-3(7(15)16)4(22-10)8(17)18;;;;;;;;;;;;;;/h(H,11,12)(H,13,14)(H,15,16)(H,17,18);;;12*1H2/q;2*+2;;;;;;;;;;;;/p+4. The van der Waals surface area contributed by atoms with Crippen molar-refractivity contribution in [2.24, 2.45) is 0 Å². The Hall–Kier alpha value is -0.993. The number of hydrogen-bond acceptors (Lipinski definition) is 12. The molecular formula is C10H32Ni2O20S4+8. The van der Waals surface area contributed by atoms with Crippen molar-refractivity contribution in [3.8, 4) is 0 Å². The fourth-order valence-corrected chi connectivity index (χ4v) is 6.25. The van der Waals surface area contributed by atoms with Crippen molar-refractivity contribution in [3.05, 3.63) is 28.1 Å². The maximum absolute atomic E-state index is 10.9. The minimum absolute atomic E-state index is 0. The molecular weight excluding hydrogens is 686 g/mol. The molecule has 0 spiro atoms. The van der Waals surface area contributed by atoms with Gasteiger partial charge in [0.25, 0.3) is 0 Å². The number of carboxylic acid groups (broad SMARTS) is 4. The van der Waals surface area contributed by atoms with Crippen molar-refractivity contribution in [1.82, 2.24) is 0 Å². The summed E-state index contributed by atoms with van der Waals surface area (Å²) in [4.78, 5) is 41.1. The third-order valence-electron chi connectivity index (χ3n) is 2.10. The van der Waals surface area contributed by atoms with Gasteiger partial charge < -0.3 is 105 Å². The van der Waals surface area contributed by atoms with Gasteiger partial charge in [0, 0.05) is 0 Å². The monoisotopic (exact) mass is 716 g/mol. The van der Waals surface area contributed by atoms with E-state index in [0.717, 1.165) is 0 Å². The van der Waals surface area contributed by atoms with Crippen molar-refractivity contribution >= 4 is 70.9 Å². The Bertz CT molecular complexity index is 624. The van der Waals surface area contributed by atoms with E-state index in [-0.39, 0.29) is 107 Å². The maximum Gasteiger partial charge on any atom is 2.00 e. The van der Waals surface area contributed by atoms with Gasteiger partial charge in [-0.1, -0.05) is 47.0 Å². The molecule has 32 N–H and O–H groups in total. The first-order valence-electron chi connectivity index (χ1n) is 5.02. The molecule has 20 nitrogen and oxygen atoms in total. The molecule has 0 saturated carbocycles. The predicted octanol–water partition coefficient (Wildman–Crippen LogP) is -14.2. The van der Waals surface area contributed by atoms with Crippen molar-refractivity contribution < 1.29 is 138 Å². The van der Waals surface area contributed by atoms with Gasteiger partial charge in [0.2, 0.25) is 0 Å². The van der Waals surface area contributed by atoms with Crippen LogP contribution < -0.4 is 20.4 Å². The molecule has 2 aliphatic rings. The van der Waals surface area contributed by atoms with Gasteiger partial charge in [0.1, 0.15) is 0 Å². The van der Waals surface area contributed by atoms with E-state index < -0.39 is 43.5 Å². The van der Waals surface area contributed by atoms with E-state index >= 15 is 0 Å². The first-order valence-corrected chi connectivity index (χ1v) is 8.28. The molecule has 228 valence electrons.